The first-order valence-corrected chi connectivity index (χ1v) is 2.69. The molecule has 44 valence electrons. The number of rotatable bonds is 2. The maximum atomic E-state index is 9.53. The highest BCUT2D eigenvalue weighted by Crippen LogP contribution is 2.12. The molecule has 0 amide bonds. The Morgan fingerprint density at radius 3 is 2.29 bits per heavy atom. The van der Waals surface area contributed by atoms with Crippen molar-refractivity contribution in [3.63, 3.8) is 0 Å². The van der Waals surface area contributed by atoms with Crippen molar-refractivity contribution in [2.45, 2.75) is 14.4 Å². The average molecular weight is 125 g/mol. The summed E-state index contributed by atoms with van der Waals surface area (Å²) in [6.07, 6.45) is 0. The first-order chi connectivity index (χ1) is 2.77. The van der Waals surface area contributed by atoms with E-state index in [4.69, 9.17) is 4.89 Å². The molecule has 0 saturated carbocycles. The molecule has 0 rings (SSSR count). The van der Waals surface area contributed by atoms with E-state index in [1.165, 1.54) is 0 Å². The molecule has 0 saturated heterocycles. The summed E-state index contributed by atoms with van der Waals surface area (Å²) in [6, 6.07) is 0. The van der Waals surface area contributed by atoms with Crippen molar-refractivity contribution in [2.24, 2.45) is 0 Å². The summed E-state index contributed by atoms with van der Waals surface area (Å²) in [6.45, 7) is 1.95. The summed E-state index contributed by atoms with van der Waals surface area (Å²) in [4.78, 5) is 7.84. The second-order valence-electron chi connectivity index (χ2n) is 0.656. The highest BCUT2D eigenvalue weighted by atomic mass is 31.1. The highest BCUT2D eigenvalue weighted by molar-refractivity contribution is 7.32. The molecule has 0 aromatic carbocycles. The van der Waals surface area contributed by atoms with E-state index in [1.807, 2.05) is 0 Å². The Kier molecular flexibility index (Phi) is 8.68. The van der Waals surface area contributed by atoms with Gasteiger partial charge in [0.15, 0.2) is 0 Å². The van der Waals surface area contributed by atoms with Gasteiger partial charge in [-0.1, -0.05) is 7.43 Å². The van der Waals surface area contributed by atoms with Gasteiger partial charge < -0.3 is 0 Å². The lowest BCUT2D eigenvalue weighted by Crippen LogP contribution is -1.72. The summed E-state index contributed by atoms with van der Waals surface area (Å²) < 4.78 is 13.6. The maximum Gasteiger partial charge on any atom is 0.694 e. The fourth-order valence-electron chi connectivity index (χ4n) is 0.110. The van der Waals surface area contributed by atoms with Gasteiger partial charge in [0.05, 0.1) is 0 Å². The monoisotopic (exact) mass is 125 g/mol. The number of hydrogen-bond donors (Lipinski definition) is 1. The van der Waals surface area contributed by atoms with Crippen molar-refractivity contribution in [2.75, 3.05) is 6.61 Å². The van der Waals surface area contributed by atoms with E-state index in [9.17, 15) is 4.57 Å². The van der Waals surface area contributed by atoms with Crippen LogP contribution in [0, 0.1) is 0 Å². The predicted octanol–water partition coefficient (Wildman–Crippen LogP) is 1.31. The van der Waals surface area contributed by atoms with Crippen LogP contribution in [-0.4, -0.2) is 11.5 Å². The second kappa shape index (κ2) is 6.02. The number of hydrogen-bond acceptors (Lipinski definition) is 2. The van der Waals surface area contributed by atoms with Crippen LogP contribution in [0.4, 0.5) is 0 Å². The minimum atomic E-state index is -2.35. The van der Waals surface area contributed by atoms with Gasteiger partial charge in [-0.15, -0.1) is 9.42 Å². The van der Waals surface area contributed by atoms with Crippen molar-refractivity contribution in [3.05, 3.63) is 0 Å². The summed E-state index contributed by atoms with van der Waals surface area (Å²) in [5.74, 6) is 0. The molecule has 0 radical (unpaired) electrons. The molecular formula is C3H10O3P+. The van der Waals surface area contributed by atoms with Crippen LogP contribution in [0.15, 0.2) is 0 Å². The Morgan fingerprint density at radius 1 is 1.86 bits per heavy atom. The Morgan fingerprint density at radius 2 is 2.29 bits per heavy atom. The third-order valence-electron chi connectivity index (χ3n) is 0.240. The summed E-state index contributed by atoms with van der Waals surface area (Å²) in [5.41, 5.74) is 0. The largest absolute Gasteiger partial charge is 0.694 e. The van der Waals surface area contributed by atoms with Gasteiger partial charge in [-0.3, -0.25) is 0 Å². The molecule has 0 aliphatic carbocycles. The Bertz CT molecular complexity index is 54.1. The van der Waals surface area contributed by atoms with Crippen LogP contribution in [-0.2, 0) is 9.09 Å². The van der Waals surface area contributed by atoms with Crippen LogP contribution < -0.4 is 0 Å². The van der Waals surface area contributed by atoms with Gasteiger partial charge in [-0.25, -0.2) is 0 Å². The Labute approximate surface area is 44.3 Å². The van der Waals surface area contributed by atoms with Gasteiger partial charge in [0.2, 0.25) is 0 Å². The van der Waals surface area contributed by atoms with Gasteiger partial charge in [0.25, 0.3) is 0 Å². The fourth-order valence-corrected chi connectivity index (χ4v) is 0.331. The first-order valence-electron chi connectivity index (χ1n) is 1.56. The molecule has 0 heterocycles. The van der Waals surface area contributed by atoms with Crippen LogP contribution in [0.3, 0.4) is 0 Å². The van der Waals surface area contributed by atoms with Crippen molar-refractivity contribution in [1.29, 1.82) is 0 Å². The zero-order valence-electron chi connectivity index (χ0n) is 3.42. The lowest BCUT2D eigenvalue weighted by atomic mass is 10.9. The fraction of sp³-hybridized carbons (Fsp3) is 1.00. The molecular weight excluding hydrogens is 115 g/mol. The molecule has 0 aromatic heterocycles. The van der Waals surface area contributed by atoms with Crippen LogP contribution in [0.1, 0.15) is 14.4 Å². The molecule has 0 aliphatic heterocycles. The van der Waals surface area contributed by atoms with Crippen molar-refractivity contribution < 1.29 is 14.0 Å². The van der Waals surface area contributed by atoms with Crippen LogP contribution in [0.25, 0.3) is 0 Å². The first kappa shape index (κ1) is 10.1. The van der Waals surface area contributed by atoms with E-state index in [2.05, 4.69) is 4.52 Å². The second-order valence-corrected chi connectivity index (χ2v) is 1.39. The van der Waals surface area contributed by atoms with Gasteiger partial charge in [0.1, 0.15) is 6.61 Å². The normalized spacial score (nSPS) is 9.71. The maximum absolute atomic E-state index is 9.53. The third kappa shape index (κ3) is 10.7. The summed E-state index contributed by atoms with van der Waals surface area (Å²) in [7, 11) is -2.35. The van der Waals surface area contributed by atoms with E-state index < -0.39 is 8.25 Å². The third-order valence-corrected chi connectivity index (χ3v) is 0.719. The molecule has 1 N–H and O–H groups in total. The Hall–Kier alpha value is 0.0200. The van der Waals surface area contributed by atoms with E-state index >= 15 is 0 Å². The average Bonchev–Trinajstić information content (AvgIpc) is 1.35. The quantitative estimate of drug-likeness (QED) is 0.566. The zero-order valence-corrected chi connectivity index (χ0v) is 4.31. The molecule has 7 heavy (non-hydrogen) atoms. The molecule has 0 bridgehead atoms. The molecule has 3 nitrogen and oxygen atoms in total. The molecule has 1 atom stereocenters. The van der Waals surface area contributed by atoms with E-state index in [0.29, 0.717) is 6.61 Å². The summed E-state index contributed by atoms with van der Waals surface area (Å²) >= 11 is 0. The molecule has 1 unspecified atom stereocenters. The standard InChI is InChI=1S/C2H5O3P.CH4/c1-2-5-6(3)4;/h2H2,1H3;1H4/p+1. The van der Waals surface area contributed by atoms with E-state index in [-0.39, 0.29) is 7.43 Å². The smallest absolute Gasteiger partial charge is 0.133 e. The molecule has 4 heteroatoms. The van der Waals surface area contributed by atoms with Gasteiger partial charge >= 0.3 is 8.25 Å². The van der Waals surface area contributed by atoms with Crippen molar-refractivity contribution >= 4 is 8.25 Å². The minimum Gasteiger partial charge on any atom is -0.133 e. The SMILES string of the molecule is C.CCO[P+](=O)O. The van der Waals surface area contributed by atoms with Crippen LogP contribution >= 0.6 is 8.25 Å². The lowest BCUT2D eigenvalue weighted by Gasteiger charge is -1.68. The van der Waals surface area contributed by atoms with Gasteiger partial charge in [-0.2, -0.15) is 0 Å². The van der Waals surface area contributed by atoms with Gasteiger partial charge in [0, 0.05) is 4.57 Å². The van der Waals surface area contributed by atoms with Crippen LogP contribution in [0.5, 0.6) is 0 Å². The zero-order chi connectivity index (χ0) is 4.99. The molecule has 0 aliphatic rings. The molecule has 0 fully saturated rings. The highest BCUT2D eigenvalue weighted by Gasteiger charge is 2.06. The minimum absolute atomic E-state index is 0. The predicted molar refractivity (Wildman–Crippen MR) is 28.2 cm³/mol. The van der Waals surface area contributed by atoms with Crippen LogP contribution in [0.2, 0.25) is 0 Å². The van der Waals surface area contributed by atoms with Crippen molar-refractivity contribution in [1.82, 2.24) is 0 Å². The summed E-state index contributed by atoms with van der Waals surface area (Å²) in [5, 5.41) is 0. The molecule has 0 spiro atoms. The lowest BCUT2D eigenvalue weighted by molar-refractivity contribution is 0.297. The molecule has 0 aromatic rings. The van der Waals surface area contributed by atoms with Gasteiger partial charge in [-0.05, 0) is 6.92 Å². The van der Waals surface area contributed by atoms with E-state index in [0.717, 1.165) is 0 Å². The Balaban J connectivity index is 0. The van der Waals surface area contributed by atoms with E-state index in [1.54, 1.807) is 6.92 Å². The topological polar surface area (TPSA) is 46.5 Å². The van der Waals surface area contributed by atoms with Crippen molar-refractivity contribution in [3.8, 4) is 0 Å².